The quantitative estimate of drug-likeness (QED) is 0.122. The maximum Gasteiger partial charge on any atom is 0.280 e. The van der Waals surface area contributed by atoms with Gasteiger partial charge in [0.2, 0.25) is 15.2 Å². The summed E-state index contributed by atoms with van der Waals surface area (Å²) in [4.78, 5) is 28.9. The molecule has 0 saturated heterocycles. The number of rotatable bonds is 11. The van der Waals surface area contributed by atoms with Crippen LogP contribution in [0.1, 0.15) is 48.2 Å². The third kappa shape index (κ3) is 6.41. The number of hydrogen-bond acceptors (Lipinski definition) is 8. The number of unbranched alkanes of at least 4 members (excludes halogenated alkanes) is 1. The van der Waals surface area contributed by atoms with Crippen LogP contribution in [-0.2, 0) is 10.0 Å². The summed E-state index contributed by atoms with van der Waals surface area (Å²) in [6, 6.07) is 17.3. The normalized spacial score (nSPS) is 11.9. The van der Waals surface area contributed by atoms with E-state index in [1.54, 1.807) is 6.92 Å². The number of aryl methyl sites for hydroxylation is 1. The SMILES string of the molecule is CCCCN(CC)S(=O)(=O)c1ccc(C(=O)N(/N=C/c2ccc([N+](=O)[O-])cc2)c2nc3ccc(C)cc3s2)cc1. The molecule has 10 nitrogen and oxygen atoms in total. The molecule has 4 aromatic rings. The highest BCUT2D eigenvalue weighted by molar-refractivity contribution is 7.89. The molecule has 0 saturated carbocycles. The number of anilines is 1. The minimum Gasteiger partial charge on any atom is -0.267 e. The number of nitro benzene ring substituents is 1. The first-order valence-electron chi connectivity index (χ1n) is 12.7. The summed E-state index contributed by atoms with van der Waals surface area (Å²) in [5.74, 6) is -0.504. The van der Waals surface area contributed by atoms with Crippen LogP contribution < -0.4 is 5.01 Å². The molecule has 12 heteroatoms. The van der Waals surface area contributed by atoms with Crippen molar-refractivity contribution in [2.45, 2.75) is 38.5 Å². The summed E-state index contributed by atoms with van der Waals surface area (Å²) in [5.41, 5.74) is 2.48. The van der Waals surface area contributed by atoms with Gasteiger partial charge in [0.15, 0.2) is 0 Å². The Hall–Kier alpha value is -4.00. The van der Waals surface area contributed by atoms with Gasteiger partial charge >= 0.3 is 0 Å². The number of aromatic nitrogens is 1. The van der Waals surface area contributed by atoms with Crippen molar-refractivity contribution < 1.29 is 18.1 Å². The maximum atomic E-state index is 13.7. The molecule has 0 atom stereocenters. The lowest BCUT2D eigenvalue weighted by Crippen LogP contribution is -2.32. The van der Waals surface area contributed by atoms with Crippen molar-refractivity contribution in [2.24, 2.45) is 5.10 Å². The fraction of sp³-hybridized carbons (Fsp3) is 0.250. The minimum absolute atomic E-state index is 0.0574. The summed E-state index contributed by atoms with van der Waals surface area (Å²) in [6.07, 6.45) is 3.05. The van der Waals surface area contributed by atoms with Crippen molar-refractivity contribution >= 4 is 54.5 Å². The third-order valence-electron chi connectivity index (χ3n) is 6.19. The lowest BCUT2D eigenvalue weighted by Gasteiger charge is -2.20. The van der Waals surface area contributed by atoms with Gasteiger partial charge in [-0.05, 0) is 73.0 Å². The molecule has 0 aliphatic rings. The predicted molar refractivity (Wildman–Crippen MR) is 158 cm³/mol. The highest BCUT2D eigenvalue weighted by Gasteiger charge is 2.25. The summed E-state index contributed by atoms with van der Waals surface area (Å²) in [7, 11) is -3.70. The number of benzene rings is 3. The lowest BCUT2D eigenvalue weighted by atomic mass is 10.2. The van der Waals surface area contributed by atoms with Crippen LogP contribution in [0.3, 0.4) is 0 Å². The standard InChI is InChI=1S/C28H29N5O5S2/c1-4-6-17-31(5-2)40(37,38)24-14-10-22(11-15-24)27(34)32(28-30-25-16-7-20(3)18-26(25)39-28)29-19-21-8-12-23(13-9-21)33(35)36/h7-16,18-19H,4-6,17H2,1-3H3/b29-19+. The van der Waals surface area contributed by atoms with E-state index >= 15 is 0 Å². The number of hydrazone groups is 1. The van der Waals surface area contributed by atoms with Crippen molar-refractivity contribution in [2.75, 3.05) is 18.1 Å². The lowest BCUT2D eigenvalue weighted by molar-refractivity contribution is -0.384. The molecule has 4 rings (SSSR count). The van der Waals surface area contributed by atoms with Crippen LogP contribution in [0.5, 0.6) is 0 Å². The van der Waals surface area contributed by atoms with Crippen molar-refractivity contribution in [1.82, 2.24) is 9.29 Å². The van der Waals surface area contributed by atoms with Gasteiger partial charge in [-0.15, -0.1) is 0 Å². The van der Waals surface area contributed by atoms with Crippen molar-refractivity contribution in [3.05, 3.63) is 93.5 Å². The smallest absolute Gasteiger partial charge is 0.267 e. The van der Waals surface area contributed by atoms with Gasteiger partial charge in [0.25, 0.3) is 11.6 Å². The van der Waals surface area contributed by atoms with Crippen LogP contribution in [-0.4, -0.2) is 47.8 Å². The number of carbonyl (C=O) groups excluding carboxylic acids is 1. The van der Waals surface area contributed by atoms with Gasteiger partial charge in [-0.3, -0.25) is 14.9 Å². The Morgan fingerprint density at radius 3 is 2.40 bits per heavy atom. The summed E-state index contributed by atoms with van der Waals surface area (Å²) in [6.45, 7) is 6.55. The van der Waals surface area contributed by atoms with Crippen LogP contribution in [0.4, 0.5) is 10.8 Å². The number of fused-ring (bicyclic) bond motifs is 1. The highest BCUT2D eigenvalue weighted by atomic mass is 32.2. The van der Waals surface area contributed by atoms with Gasteiger partial charge in [-0.1, -0.05) is 37.7 Å². The molecular formula is C28H29N5O5S2. The van der Waals surface area contributed by atoms with Gasteiger partial charge in [-0.2, -0.15) is 14.4 Å². The van der Waals surface area contributed by atoms with E-state index in [-0.39, 0.29) is 16.1 Å². The summed E-state index contributed by atoms with van der Waals surface area (Å²) < 4.78 is 28.5. The Bertz CT molecular complexity index is 1650. The molecule has 0 spiro atoms. The largest absolute Gasteiger partial charge is 0.280 e. The second-order valence-electron chi connectivity index (χ2n) is 9.05. The molecule has 40 heavy (non-hydrogen) atoms. The Kier molecular flexibility index (Phi) is 9.03. The van der Waals surface area contributed by atoms with Crippen LogP contribution >= 0.6 is 11.3 Å². The van der Waals surface area contributed by atoms with Crippen LogP contribution in [0, 0.1) is 17.0 Å². The Morgan fingerprint density at radius 1 is 1.07 bits per heavy atom. The van der Waals surface area contributed by atoms with Crippen LogP contribution in [0.2, 0.25) is 0 Å². The molecule has 0 aliphatic carbocycles. The number of nitrogens with zero attached hydrogens (tertiary/aromatic N) is 5. The number of thiazole rings is 1. The zero-order valence-electron chi connectivity index (χ0n) is 22.4. The number of nitro groups is 1. The summed E-state index contributed by atoms with van der Waals surface area (Å²) in [5, 5.41) is 16.9. The third-order valence-corrected chi connectivity index (χ3v) is 9.17. The number of hydrogen-bond donors (Lipinski definition) is 0. The van der Waals surface area contributed by atoms with E-state index in [1.165, 1.54) is 70.4 Å². The zero-order valence-corrected chi connectivity index (χ0v) is 24.0. The average molecular weight is 580 g/mol. The van der Waals surface area contributed by atoms with Crippen molar-refractivity contribution in [3.63, 3.8) is 0 Å². The van der Waals surface area contributed by atoms with Crippen LogP contribution in [0.25, 0.3) is 10.2 Å². The van der Waals surface area contributed by atoms with Gasteiger partial charge < -0.3 is 0 Å². The van der Waals surface area contributed by atoms with Crippen LogP contribution in [0.15, 0.2) is 76.7 Å². The fourth-order valence-corrected chi connectivity index (χ4v) is 6.44. The molecule has 208 valence electrons. The van der Waals surface area contributed by atoms with Gasteiger partial charge in [0.1, 0.15) is 0 Å². The molecule has 0 unspecified atom stereocenters. The molecular weight excluding hydrogens is 550 g/mol. The predicted octanol–water partition coefficient (Wildman–Crippen LogP) is 6.00. The topological polar surface area (TPSA) is 126 Å². The highest BCUT2D eigenvalue weighted by Crippen LogP contribution is 2.31. The van der Waals surface area contributed by atoms with E-state index in [9.17, 15) is 23.3 Å². The van der Waals surface area contributed by atoms with Crippen molar-refractivity contribution in [1.29, 1.82) is 0 Å². The molecule has 0 radical (unpaired) electrons. The number of amides is 1. The second kappa shape index (κ2) is 12.5. The molecule has 1 amide bonds. The zero-order chi connectivity index (χ0) is 28.9. The Labute approximate surface area is 236 Å². The van der Waals surface area contributed by atoms with Gasteiger partial charge in [-0.25, -0.2) is 13.4 Å². The monoisotopic (exact) mass is 579 g/mol. The van der Waals surface area contributed by atoms with E-state index < -0.39 is 20.9 Å². The van der Waals surface area contributed by atoms with Gasteiger partial charge in [0.05, 0.1) is 26.3 Å². The van der Waals surface area contributed by atoms with E-state index in [0.717, 1.165) is 28.1 Å². The number of sulfonamides is 1. The van der Waals surface area contributed by atoms with Gasteiger partial charge in [0, 0.05) is 30.8 Å². The molecule has 0 N–H and O–H groups in total. The summed E-state index contributed by atoms with van der Waals surface area (Å²) >= 11 is 1.29. The molecule has 0 aliphatic heterocycles. The number of carbonyl (C=O) groups is 1. The molecule has 0 fully saturated rings. The molecule has 1 aromatic heterocycles. The van der Waals surface area contributed by atoms with Crippen molar-refractivity contribution in [3.8, 4) is 0 Å². The number of non-ortho nitro benzene ring substituents is 1. The average Bonchev–Trinajstić information content (AvgIpc) is 3.36. The first-order valence-corrected chi connectivity index (χ1v) is 15.0. The first kappa shape index (κ1) is 29.0. The molecule has 3 aromatic carbocycles. The fourth-order valence-electron chi connectivity index (χ4n) is 3.93. The first-order chi connectivity index (χ1) is 19.1. The molecule has 0 bridgehead atoms. The molecule has 1 heterocycles. The van der Waals surface area contributed by atoms with E-state index in [0.29, 0.717) is 29.3 Å². The Morgan fingerprint density at radius 2 is 1.77 bits per heavy atom. The second-order valence-corrected chi connectivity index (χ2v) is 12.0. The minimum atomic E-state index is -3.70. The van der Waals surface area contributed by atoms with E-state index in [2.05, 4.69) is 10.1 Å². The maximum absolute atomic E-state index is 13.7. The Balaban J connectivity index is 1.68. The van der Waals surface area contributed by atoms with E-state index in [1.807, 2.05) is 32.0 Å². The van der Waals surface area contributed by atoms with E-state index in [4.69, 9.17) is 0 Å².